The standard InChI is InChI=1S/C17H29N3S/c1-16(2,3)14-11-21-15(19-14)10-20-9-5-8-18-17(4,12-20)13-6-7-13/h11,13,18H,5-10,12H2,1-4H3. The third-order valence-corrected chi connectivity index (χ3v) is 5.72. The number of hydrogen-bond donors (Lipinski definition) is 1. The lowest BCUT2D eigenvalue weighted by Crippen LogP contribution is -2.50. The maximum atomic E-state index is 4.87. The van der Waals surface area contributed by atoms with Crippen molar-refractivity contribution in [3.63, 3.8) is 0 Å². The Kier molecular flexibility index (Phi) is 4.15. The van der Waals surface area contributed by atoms with E-state index in [2.05, 4.69) is 43.3 Å². The van der Waals surface area contributed by atoms with Crippen LogP contribution in [0, 0.1) is 5.92 Å². The molecule has 118 valence electrons. The summed E-state index contributed by atoms with van der Waals surface area (Å²) in [5.74, 6) is 0.888. The predicted molar refractivity (Wildman–Crippen MR) is 89.8 cm³/mol. The van der Waals surface area contributed by atoms with E-state index >= 15 is 0 Å². The molecule has 1 saturated carbocycles. The Bertz CT molecular complexity index is 486. The van der Waals surface area contributed by atoms with Crippen molar-refractivity contribution in [2.45, 2.75) is 64.5 Å². The molecular formula is C17H29N3S. The van der Waals surface area contributed by atoms with Crippen molar-refractivity contribution in [2.24, 2.45) is 5.92 Å². The van der Waals surface area contributed by atoms with Crippen LogP contribution in [-0.2, 0) is 12.0 Å². The van der Waals surface area contributed by atoms with Gasteiger partial charge in [-0.25, -0.2) is 4.98 Å². The molecule has 1 aliphatic heterocycles. The minimum absolute atomic E-state index is 0.164. The van der Waals surface area contributed by atoms with Crippen LogP contribution in [0.15, 0.2) is 5.38 Å². The van der Waals surface area contributed by atoms with Gasteiger partial charge in [-0.2, -0.15) is 0 Å². The van der Waals surface area contributed by atoms with E-state index in [1.807, 2.05) is 11.3 Å². The minimum Gasteiger partial charge on any atom is -0.310 e. The Morgan fingerprint density at radius 3 is 2.81 bits per heavy atom. The zero-order chi connectivity index (χ0) is 15.1. The summed E-state index contributed by atoms with van der Waals surface area (Å²) in [5, 5.41) is 7.33. The molecule has 0 radical (unpaired) electrons. The lowest BCUT2D eigenvalue weighted by Gasteiger charge is -2.33. The lowest BCUT2D eigenvalue weighted by atomic mass is 9.93. The summed E-state index contributed by atoms with van der Waals surface area (Å²) in [6, 6.07) is 0. The second kappa shape index (κ2) is 5.64. The quantitative estimate of drug-likeness (QED) is 0.927. The molecule has 3 rings (SSSR count). The summed E-state index contributed by atoms with van der Waals surface area (Å²) in [6.07, 6.45) is 4.06. The molecule has 1 aromatic rings. The molecule has 0 amide bonds. The average Bonchev–Trinajstić information content (AvgIpc) is 3.16. The highest BCUT2D eigenvalue weighted by molar-refractivity contribution is 7.09. The molecule has 0 aromatic carbocycles. The van der Waals surface area contributed by atoms with E-state index in [0.717, 1.165) is 19.0 Å². The molecule has 1 N–H and O–H groups in total. The number of aromatic nitrogens is 1. The predicted octanol–water partition coefficient (Wildman–Crippen LogP) is 3.40. The molecule has 1 aliphatic carbocycles. The van der Waals surface area contributed by atoms with Gasteiger partial charge in [0.2, 0.25) is 0 Å². The van der Waals surface area contributed by atoms with E-state index in [1.54, 1.807) is 0 Å². The Morgan fingerprint density at radius 1 is 1.43 bits per heavy atom. The number of nitrogens with one attached hydrogen (secondary N) is 1. The summed E-state index contributed by atoms with van der Waals surface area (Å²) in [7, 11) is 0. The highest BCUT2D eigenvalue weighted by Gasteiger charge is 2.42. The first kappa shape index (κ1) is 15.4. The van der Waals surface area contributed by atoms with Gasteiger partial charge >= 0.3 is 0 Å². The van der Waals surface area contributed by atoms with Gasteiger partial charge in [0, 0.05) is 22.9 Å². The molecule has 4 heteroatoms. The maximum Gasteiger partial charge on any atom is 0.107 e. The van der Waals surface area contributed by atoms with Gasteiger partial charge in [0.05, 0.1) is 12.2 Å². The van der Waals surface area contributed by atoms with Crippen molar-refractivity contribution in [3.05, 3.63) is 16.1 Å². The molecule has 1 aromatic heterocycles. The molecule has 3 nitrogen and oxygen atoms in total. The summed E-state index contributed by atoms with van der Waals surface area (Å²) >= 11 is 1.83. The van der Waals surface area contributed by atoms with E-state index < -0.39 is 0 Å². The maximum absolute atomic E-state index is 4.87. The van der Waals surface area contributed by atoms with Crippen LogP contribution >= 0.6 is 11.3 Å². The average molecular weight is 308 g/mol. The van der Waals surface area contributed by atoms with Crippen molar-refractivity contribution in [1.29, 1.82) is 0 Å². The molecule has 2 heterocycles. The molecule has 21 heavy (non-hydrogen) atoms. The molecule has 2 fully saturated rings. The van der Waals surface area contributed by atoms with E-state index in [-0.39, 0.29) is 5.41 Å². The van der Waals surface area contributed by atoms with Crippen molar-refractivity contribution >= 4 is 11.3 Å². The van der Waals surface area contributed by atoms with Crippen molar-refractivity contribution in [1.82, 2.24) is 15.2 Å². The topological polar surface area (TPSA) is 28.2 Å². The van der Waals surface area contributed by atoms with E-state index in [1.165, 1.54) is 43.1 Å². The highest BCUT2D eigenvalue weighted by Crippen LogP contribution is 2.40. The van der Waals surface area contributed by atoms with Gasteiger partial charge in [-0.15, -0.1) is 11.3 Å². The first-order valence-corrected chi connectivity index (χ1v) is 9.17. The third-order valence-electron chi connectivity index (χ3n) is 4.89. The Hall–Kier alpha value is -0.450. The Morgan fingerprint density at radius 2 is 2.19 bits per heavy atom. The smallest absolute Gasteiger partial charge is 0.107 e. The van der Waals surface area contributed by atoms with Crippen LogP contribution in [0.5, 0.6) is 0 Å². The number of thiazole rings is 1. The van der Waals surface area contributed by atoms with Crippen molar-refractivity contribution in [3.8, 4) is 0 Å². The van der Waals surface area contributed by atoms with E-state index in [4.69, 9.17) is 4.98 Å². The molecular weight excluding hydrogens is 278 g/mol. The fourth-order valence-electron chi connectivity index (χ4n) is 3.32. The summed E-state index contributed by atoms with van der Waals surface area (Å²) in [6.45, 7) is 13.7. The molecule has 1 atom stereocenters. The number of nitrogens with zero attached hydrogens (tertiary/aromatic N) is 2. The van der Waals surface area contributed by atoms with Crippen LogP contribution in [0.25, 0.3) is 0 Å². The number of hydrogen-bond acceptors (Lipinski definition) is 4. The summed E-state index contributed by atoms with van der Waals surface area (Å²) in [4.78, 5) is 7.49. The van der Waals surface area contributed by atoms with Crippen molar-refractivity contribution in [2.75, 3.05) is 19.6 Å². The van der Waals surface area contributed by atoms with Gasteiger partial charge in [-0.3, -0.25) is 4.90 Å². The fraction of sp³-hybridized carbons (Fsp3) is 0.824. The Balaban J connectivity index is 1.67. The molecule has 1 saturated heterocycles. The summed E-state index contributed by atoms with van der Waals surface area (Å²) < 4.78 is 0. The first-order chi connectivity index (χ1) is 9.87. The fourth-order valence-corrected chi connectivity index (χ4v) is 4.39. The highest BCUT2D eigenvalue weighted by atomic mass is 32.1. The van der Waals surface area contributed by atoms with E-state index in [9.17, 15) is 0 Å². The van der Waals surface area contributed by atoms with Crippen LogP contribution in [0.2, 0.25) is 0 Å². The van der Waals surface area contributed by atoms with Crippen LogP contribution in [0.4, 0.5) is 0 Å². The zero-order valence-corrected chi connectivity index (χ0v) is 14.7. The van der Waals surface area contributed by atoms with Crippen LogP contribution in [0.3, 0.4) is 0 Å². The lowest BCUT2D eigenvalue weighted by molar-refractivity contribution is 0.194. The van der Waals surface area contributed by atoms with Gasteiger partial charge < -0.3 is 5.32 Å². The largest absolute Gasteiger partial charge is 0.310 e. The second-order valence-corrected chi connectivity index (χ2v) is 9.00. The molecule has 1 unspecified atom stereocenters. The SMILES string of the molecule is CC(C)(C)c1csc(CN2CCCNC(C)(C3CC3)C2)n1. The monoisotopic (exact) mass is 307 g/mol. The van der Waals surface area contributed by atoms with Gasteiger partial charge in [0.25, 0.3) is 0 Å². The van der Waals surface area contributed by atoms with Gasteiger partial charge in [0.1, 0.15) is 5.01 Å². The minimum atomic E-state index is 0.164. The molecule has 2 aliphatic rings. The first-order valence-electron chi connectivity index (χ1n) is 8.29. The number of rotatable bonds is 3. The Labute approximate surface area is 133 Å². The van der Waals surface area contributed by atoms with Gasteiger partial charge in [-0.1, -0.05) is 20.8 Å². The third kappa shape index (κ3) is 3.66. The molecule has 0 spiro atoms. The van der Waals surface area contributed by atoms with Gasteiger partial charge in [-0.05, 0) is 45.2 Å². The van der Waals surface area contributed by atoms with Crippen molar-refractivity contribution < 1.29 is 0 Å². The molecule has 0 bridgehead atoms. The second-order valence-electron chi connectivity index (χ2n) is 8.06. The van der Waals surface area contributed by atoms with Crippen LogP contribution in [-0.4, -0.2) is 35.1 Å². The van der Waals surface area contributed by atoms with Gasteiger partial charge in [0.15, 0.2) is 0 Å². The van der Waals surface area contributed by atoms with Crippen LogP contribution < -0.4 is 5.32 Å². The normalized spacial score (nSPS) is 28.6. The summed E-state index contributed by atoms with van der Waals surface area (Å²) in [5.41, 5.74) is 1.72. The van der Waals surface area contributed by atoms with Crippen LogP contribution in [0.1, 0.15) is 57.7 Å². The zero-order valence-electron chi connectivity index (χ0n) is 13.9. The van der Waals surface area contributed by atoms with E-state index in [0.29, 0.717) is 5.54 Å².